The zero-order valence-electron chi connectivity index (χ0n) is 19.3. The number of nitrogens with one attached hydrogen (secondary N) is 1. The number of aromatic hydroxyl groups is 1. The van der Waals surface area contributed by atoms with Crippen LogP contribution in [0.25, 0.3) is 10.9 Å². The van der Waals surface area contributed by atoms with Crippen LogP contribution in [0.15, 0.2) is 64.2 Å². The van der Waals surface area contributed by atoms with Gasteiger partial charge in [-0.2, -0.15) is 0 Å². The van der Waals surface area contributed by atoms with Gasteiger partial charge in [-0.25, -0.2) is 0 Å². The van der Waals surface area contributed by atoms with E-state index in [2.05, 4.69) is 4.98 Å². The molecule has 0 aliphatic carbocycles. The van der Waals surface area contributed by atoms with Crippen LogP contribution in [0, 0.1) is 6.92 Å². The lowest BCUT2D eigenvalue weighted by molar-refractivity contribution is -0.135. The minimum absolute atomic E-state index is 0.109. The number of phenols is 1. The molecule has 1 unspecified atom stereocenters. The maximum absolute atomic E-state index is 13.7. The highest BCUT2D eigenvalue weighted by Gasteiger charge is 2.34. The first-order valence-corrected chi connectivity index (χ1v) is 11.3. The summed E-state index contributed by atoms with van der Waals surface area (Å²) in [7, 11) is 1.56. The second kappa shape index (κ2) is 8.79. The molecule has 0 saturated carbocycles. The van der Waals surface area contributed by atoms with Crippen LogP contribution in [0.2, 0.25) is 0 Å². The first kappa shape index (κ1) is 22.5. The molecule has 0 spiro atoms. The molecule has 5 rings (SSSR count). The van der Waals surface area contributed by atoms with Gasteiger partial charge in [0.2, 0.25) is 0 Å². The van der Waals surface area contributed by atoms with E-state index < -0.39 is 11.9 Å². The predicted octanol–water partition coefficient (Wildman–Crippen LogP) is 3.40. The zero-order valence-corrected chi connectivity index (χ0v) is 19.3. The number of esters is 1. The van der Waals surface area contributed by atoms with Crippen molar-refractivity contribution in [1.82, 2.24) is 9.55 Å². The number of pyridine rings is 2. The molecule has 1 atom stereocenters. The lowest BCUT2D eigenvalue weighted by Gasteiger charge is -2.26. The number of rotatable bonds is 5. The lowest BCUT2D eigenvalue weighted by Crippen LogP contribution is -2.35. The largest absolute Gasteiger partial charge is 0.508 e. The van der Waals surface area contributed by atoms with Crippen molar-refractivity contribution in [2.24, 2.45) is 0 Å². The van der Waals surface area contributed by atoms with Crippen LogP contribution in [-0.2, 0) is 17.8 Å². The van der Waals surface area contributed by atoms with Gasteiger partial charge in [0, 0.05) is 40.7 Å². The highest BCUT2D eigenvalue weighted by atomic mass is 16.5. The first-order chi connectivity index (χ1) is 16.8. The Hall–Kier alpha value is -4.33. The van der Waals surface area contributed by atoms with Gasteiger partial charge in [-0.3, -0.25) is 14.4 Å². The summed E-state index contributed by atoms with van der Waals surface area (Å²) in [4.78, 5) is 42.0. The number of ether oxygens (including phenoxy) is 2. The minimum Gasteiger partial charge on any atom is -0.508 e. The molecule has 178 valence electrons. The summed E-state index contributed by atoms with van der Waals surface area (Å²) in [5.41, 5.74) is 2.23. The van der Waals surface area contributed by atoms with Crippen molar-refractivity contribution < 1.29 is 19.4 Å². The number of fused-ring (bicyclic) bond motifs is 2. The Bertz CT molecular complexity index is 1570. The molecule has 8 heteroatoms. The molecular weight excluding hydrogens is 448 g/mol. The summed E-state index contributed by atoms with van der Waals surface area (Å²) in [5, 5.41) is 10.2. The molecule has 0 radical (unpaired) electrons. The van der Waals surface area contributed by atoms with E-state index in [4.69, 9.17) is 9.47 Å². The van der Waals surface area contributed by atoms with Crippen LogP contribution < -0.4 is 20.6 Å². The van der Waals surface area contributed by atoms with Gasteiger partial charge in [-0.05, 0) is 55.3 Å². The summed E-state index contributed by atoms with van der Waals surface area (Å²) < 4.78 is 12.4. The monoisotopic (exact) mass is 472 g/mol. The van der Waals surface area contributed by atoms with Crippen LogP contribution in [-0.4, -0.2) is 27.7 Å². The van der Waals surface area contributed by atoms with Crippen molar-refractivity contribution >= 4 is 16.9 Å². The summed E-state index contributed by atoms with van der Waals surface area (Å²) in [6.07, 6.45) is 0.461. The Morgan fingerprint density at radius 1 is 1.09 bits per heavy atom. The van der Waals surface area contributed by atoms with Gasteiger partial charge in [0.1, 0.15) is 17.2 Å². The Morgan fingerprint density at radius 2 is 1.86 bits per heavy atom. The van der Waals surface area contributed by atoms with Crippen LogP contribution in [0.5, 0.6) is 17.2 Å². The summed E-state index contributed by atoms with van der Waals surface area (Å²) in [6, 6.07) is 15.5. The molecule has 0 saturated heterocycles. The Labute approximate surface area is 200 Å². The van der Waals surface area contributed by atoms with Gasteiger partial charge >= 0.3 is 5.97 Å². The average molecular weight is 472 g/mol. The molecule has 2 aromatic heterocycles. The number of carbonyl (C=O) groups excluding carboxylic acids is 1. The third-order valence-electron chi connectivity index (χ3n) is 6.47. The van der Waals surface area contributed by atoms with Crippen molar-refractivity contribution in [2.45, 2.75) is 32.2 Å². The SMILES string of the molecule is COc1ccc2[nH]c(=O)c(C3CC(=O)Oc4cc(C)n(CCc5ccc(O)cc5)c(=O)c43)cc2c1. The number of nitrogens with zero attached hydrogens (tertiary/aromatic N) is 1. The lowest BCUT2D eigenvalue weighted by atomic mass is 9.87. The standard InChI is InChI=1S/C27H24N2O6/c1-15-11-23-25(27(33)29(15)10-9-16-3-5-18(30)6-4-16)20(14-24(31)35-23)21-13-17-12-19(34-2)7-8-22(17)28-26(21)32/h3-8,11-13,20,30H,9-10,14H2,1-2H3,(H,28,32). The van der Waals surface area contributed by atoms with Crippen LogP contribution >= 0.6 is 0 Å². The van der Waals surface area contributed by atoms with E-state index in [0.717, 1.165) is 10.9 Å². The number of phenolic OH excluding ortho intramolecular Hbond substituents is 1. The number of methoxy groups -OCH3 is 1. The summed E-state index contributed by atoms with van der Waals surface area (Å²) in [5.74, 6) is -0.225. The fourth-order valence-corrected chi connectivity index (χ4v) is 4.63. The summed E-state index contributed by atoms with van der Waals surface area (Å²) in [6.45, 7) is 2.18. The molecular formula is C27H24N2O6. The van der Waals surface area contributed by atoms with Crippen molar-refractivity contribution in [2.75, 3.05) is 7.11 Å². The number of aromatic nitrogens is 2. The molecule has 0 bridgehead atoms. The third kappa shape index (κ3) is 4.19. The summed E-state index contributed by atoms with van der Waals surface area (Å²) >= 11 is 0. The van der Waals surface area contributed by atoms with Crippen LogP contribution in [0.4, 0.5) is 0 Å². The fourth-order valence-electron chi connectivity index (χ4n) is 4.63. The second-order valence-corrected chi connectivity index (χ2v) is 8.67. The molecule has 1 aliphatic rings. The fraction of sp³-hybridized carbons (Fsp3) is 0.222. The van der Waals surface area contributed by atoms with Gasteiger partial charge in [-0.15, -0.1) is 0 Å². The Balaban J connectivity index is 1.60. The highest BCUT2D eigenvalue weighted by Crippen LogP contribution is 2.36. The predicted molar refractivity (Wildman–Crippen MR) is 130 cm³/mol. The van der Waals surface area contributed by atoms with E-state index in [9.17, 15) is 19.5 Å². The molecule has 3 heterocycles. The second-order valence-electron chi connectivity index (χ2n) is 8.67. The zero-order chi connectivity index (χ0) is 24.7. The number of H-pyrrole nitrogens is 1. The maximum Gasteiger partial charge on any atom is 0.312 e. The normalized spacial score (nSPS) is 15.0. The van der Waals surface area contributed by atoms with E-state index in [0.29, 0.717) is 41.1 Å². The Kier molecular flexibility index (Phi) is 5.64. The van der Waals surface area contributed by atoms with Crippen LogP contribution in [0.1, 0.15) is 34.7 Å². The highest BCUT2D eigenvalue weighted by molar-refractivity contribution is 5.82. The van der Waals surface area contributed by atoms with Crippen molar-refractivity contribution in [1.29, 1.82) is 0 Å². The Morgan fingerprint density at radius 3 is 2.60 bits per heavy atom. The number of benzene rings is 2. The smallest absolute Gasteiger partial charge is 0.312 e. The van der Waals surface area contributed by atoms with Gasteiger partial charge in [0.15, 0.2) is 0 Å². The van der Waals surface area contributed by atoms with E-state index >= 15 is 0 Å². The topological polar surface area (TPSA) is 111 Å². The van der Waals surface area contributed by atoms with E-state index in [1.165, 1.54) is 0 Å². The van der Waals surface area contributed by atoms with Gasteiger partial charge in [-0.1, -0.05) is 12.1 Å². The molecule has 0 fully saturated rings. The van der Waals surface area contributed by atoms with Crippen LogP contribution in [0.3, 0.4) is 0 Å². The number of hydrogen-bond acceptors (Lipinski definition) is 6. The molecule has 4 aromatic rings. The number of hydrogen-bond donors (Lipinski definition) is 2. The molecule has 35 heavy (non-hydrogen) atoms. The van der Waals surface area contributed by atoms with Gasteiger partial charge in [0.05, 0.1) is 19.1 Å². The van der Waals surface area contributed by atoms with E-state index in [-0.39, 0.29) is 29.0 Å². The molecule has 8 nitrogen and oxygen atoms in total. The average Bonchev–Trinajstić information content (AvgIpc) is 2.83. The quantitative estimate of drug-likeness (QED) is 0.431. The maximum atomic E-state index is 13.7. The van der Waals surface area contributed by atoms with E-state index in [1.807, 2.05) is 12.1 Å². The van der Waals surface area contributed by atoms with Crippen molar-refractivity contribution in [3.05, 3.63) is 97.7 Å². The van der Waals surface area contributed by atoms with Crippen molar-refractivity contribution in [3.63, 3.8) is 0 Å². The van der Waals surface area contributed by atoms with E-state index in [1.54, 1.807) is 61.1 Å². The third-order valence-corrected chi connectivity index (χ3v) is 6.47. The number of aromatic amines is 1. The minimum atomic E-state index is -0.737. The molecule has 0 amide bonds. The van der Waals surface area contributed by atoms with Crippen molar-refractivity contribution in [3.8, 4) is 17.2 Å². The number of aryl methyl sites for hydroxylation is 2. The van der Waals surface area contributed by atoms with Gasteiger partial charge < -0.3 is 24.1 Å². The number of carbonyl (C=O) groups is 1. The van der Waals surface area contributed by atoms with Gasteiger partial charge in [0.25, 0.3) is 11.1 Å². The molecule has 2 aromatic carbocycles. The molecule has 2 N–H and O–H groups in total. The molecule has 1 aliphatic heterocycles. The first-order valence-electron chi connectivity index (χ1n) is 11.3.